The molecule has 0 aliphatic carbocycles. The molecule has 0 amide bonds. The third-order valence-electron chi connectivity index (χ3n) is 2.26. The van der Waals surface area contributed by atoms with E-state index < -0.39 is 12.0 Å². The molecule has 0 unspecified atom stereocenters. The van der Waals surface area contributed by atoms with Crippen LogP contribution in [0.1, 0.15) is 5.82 Å². The van der Waals surface area contributed by atoms with Gasteiger partial charge in [0.15, 0.2) is 0 Å². The van der Waals surface area contributed by atoms with Crippen molar-refractivity contribution in [2.75, 3.05) is 12.8 Å². The van der Waals surface area contributed by atoms with E-state index in [1.807, 2.05) is 0 Å². The maximum absolute atomic E-state index is 12.5. The molecule has 5 nitrogen and oxygen atoms in total. The zero-order valence-corrected chi connectivity index (χ0v) is 10.3. The van der Waals surface area contributed by atoms with Crippen molar-refractivity contribution in [2.45, 2.75) is 6.18 Å². The van der Waals surface area contributed by atoms with E-state index in [0.29, 0.717) is 11.5 Å². The second-order valence-corrected chi connectivity index (χ2v) is 3.73. The number of benzene rings is 1. The van der Waals surface area contributed by atoms with Crippen molar-refractivity contribution in [3.05, 3.63) is 36.2 Å². The Kier molecular flexibility index (Phi) is 3.64. The summed E-state index contributed by atoms with van der Waals surface area (Å²) in [5.41, 5.74) is 5.30. The highest BCUT2D eigenvalue weighted by Crippen LogP contribution is 2.30. The molecule has 0 saturated carbocycles. The lowest BCUT2D eigenvalue weighted by atomic mass is 10.3. The molecule has 106 valence electrons. The Morgan fingerprint density at radius 3 is 2.20 bits per heavy atom. The Balaban J connectivity index is 2.26. The number of halogens is 3. The summed E-state index contributed by atoms with van der Waals surface area (Å²) in [6.45, 7) is 0. The first-order chi connectivity index (χ1) is 9.38. The quantitative estimate of drug-likeness (QED) is 0.939. The molecule has 1 aromatic heterocycles. The van der Waals surface area contributed by atoms with Crippen molar-refractivity contribution in [1.29, 1.82) is 0 Å². The van der Waals surface area contributed by atoms with Gasteiger partial charge in [-0.2, -0.15) is 18.2 Å². The summed E-state index contributed by atoms with van der Waals surface area (Å²) in [5.74, 6) is -1.06. The predicted octanol–water partition coefficient (Wildman–Crippen LogP) is 2.88. The highest BCUT2D eigenvalue weighted by Gasteiger charge is 2.35. The zero-order valence-electron chi connectivity index (χ0n) is 10.3. The van der Waals surface area contributed by atoms with Crippen LogP contribution in [0.5, 0.6) is 17.4 Å². The number of nitrogens with zero attached hydrogens (tertiary/aromatic N) is 2. The standard InChI is InChI=1S/C12H10F3N3O2/c1-19-7-2-4-8(5-3-7)20-10-6-9(16)17-11(18-10)12(13,14)15/h2-6H,1H3,(H2,16,17,18). The van der Waals surface area contributed by atoms with E-state index in [1.165, 1.54) is 19.2 Å². The SMILES string of the molecule is COc1ccc(Oc2cc(N)nc(C(F)(F)F)n2)cc1. The van der Waals surface area contributed by atoms with E-state index in [0.717, 1.165) is 6.07 Å². The number of nitrogen functional groups attached to an aromatic ring is 1. The van der Waals surface area contributed by atoms with Gasteiger partial charge < -0.3 is 15.2 Å². The maximum atomic E-state index is 12.5. The molecule has 2 aromatic rings. The van der Waals surface area contributed by atoms with E-state index in [-0.39, 0.29) is 11.7 Å². The average Bonchev–Trinajstić information content (AvgIpc) is 2.38. The third kappa shape index (κ3) is 3.28. The number of ether oxygens (including phenoxy) is 2. The van der Waals surface area contributed by atoms with Crippen molar-refractivity contribution in [3.63, 3.8) is 0 Å². The van der Waals surface area contributed by atoms with Crippen molar-refractivity contribution in [1.82, 2.24) is 9.97 Å². The van der Waals surface area contributed by atoms with Crippen molar-refractivity contribution >= 4 is 5.82 Å². The molecule has 1 aromatic carbocycles. The fourth-order valence-corrected chi connectivity index (χ4v) is 1.39. The summed E-state index contributed by atoms with van der Waals surface area (Å²) in [7, 11) is 1.50. The number of alkyl halides is 3. The van der Waals surface area contributed by atoms with E-state index in [4.69, 9.17) is 15.2 Å². The highest BCUT2D eigenvalue weighted by molar-refractivity contribution is 5.37. The molecule has 0 fully saturated rings. The molecule has 1 heterocycles. The Labute approximate surface area is 112 Å². The minimum atomic E-state index is -4.69. The summed E-state index contributed by atoms with van der Waals surface area (Å²) >= 11 is 0. The average molecular weight is 285 g/mol. The van der Waals surface area contributed by atoms with Crippen LogP contribution in [0.4, 0.5) is 19.0 Å². The molecule has 8 heteroatoms. The van der Waals surface area contributed by atoms with E-state index in [9.17, 15) is 13.2 Å². The van der Waals surface area contributed by atoms with Crippen LogP contribution in [0.3, 0.4) is 0 Å². The summed E-state index contributed by atoms with van der Waals surface area (Å²) in [4.78, 5) is 6.39. The lowest BCUT2D eigenvalue weighted by Crippen LogP contribution is -2.12. The van der Waals surface area contributed by atoms with Crippen LogP contribution in [0.2, 0.25) is 0 Å². The molecular formula is C12H10F3N3O2. The first-order valence-corrected chi connectivity index (χ1v) is 5.42. The van der Waals surface area contributed by atoms with Crippen LogP contribution < -0.4 is 15.2 Å². The van der Waals surface area contributed by atoms with Gasteiger partial charge in [-0.15, -0.1) is 0 Å². The van der Waals surface area contributed by atoms with Crippen molar-refractivity contribution < 1.29 is 22.6 Å². The van der Waals surface area contributed by atoms with Gasteiger partial charge in [-0.05, 0) is 24.3 Å². The number of methoxy groups -OCH3 is 1. The molecule has 0 spiro atoms. The lowest BCUT2D eigenvalue weighted by Gasteiger charge is -2.09. The number of hydrogen-bond donors (Lipinski definition) is 1. The molecule has 0 saturated heterocycles. The fourth-order valence-electron chi connectivity index (χ4n) is 1.39. The van der Waals surface area contributed by atoms with Crippen LogP contribution in [0, 0.1) is 0 Å². The molecule has 0 radical (unpaired) electrons. The normalized spacial score (nSPS) is 11.2. The number of anilines is 1. The second-order valence-electron chi connectivity index (χ2n) is 3.73. The monoisotopic (exact) mass is 285 g/mol. The van der Waals surface area contributed by atoms with Gasteiger partial charge in [0.25, 0.3) is 0 Å². The first-order valence-electron chi connectivity index (χ1n) is 5.42. The number of aromatic nitrogens is 2. The van der Waals surface area contributed by atoms with Crippen LogP contribution in [0.15, 0.2) is 30.3 Å². The molecule has 2 N–H and O–H groups in total. The smallest absolute Gasteiger partial charge is 0.451 e. The maximum Gasteiger partial charge on any atom is 0.451 e. The van der Waals surface area contributed by atoms with Gasteiger partial charge in [0.1, 0.15) is 17.3 Å². The summed E-state index contributed by atoms with van der Waals surface area (Å²) in [6.07, 6.45) is -4.69. The molecular weight excluding hydrogens is 275 g/mol. The Morgan fingerprint density at radius 2 is 1.65 bits per heavy atom. The molecule has 0 aliphatic rings. The van der Waals surface area contributed by atoms with Gasteiger partial charge in [-0.3, -0.25) is 0 Å². The van der Waals surface area contributed by atoms with Crippen molar-refractivity contribution in [2.24, 2.45) is 0 Å². The molecule has 0 atom stereocenters. The highest BCUT2D eigenvalue weighted by atomic mass is 19.4. The number of hydrogen-bond acceptors (Lipinski definition) is 5. The number of nitrogens with two attached hydrogens (primary N) is 1. The minimum Gasteiger partial charge on any atom is -0.497 e. The Morgan fingerprint density at radius 1 is 1.05 bits per heavy atom. The number of rotatable bonds is 3. The molecule has 2 rings (SSSR count). The first kappa shape index (κ1) is 13.9. The van der Waals surface area contributed by atoms with Crippen molar-refractivity contribution in [3.8, 4) is 17.4 Å². The van der Waals surface area contributed by atoms with E-state index >= 15 is 0 Å². The van der Waals surface area contributed by atoms with Crippen LogP contribution in [-0.2, 0) is 6.18 Å². The summed E-state index contributed by atoms with van der Waals surface area (Å²) < 4.78 is 47.8. The van der Waals surface area contributed by atoms with Gasteiger partial charge in [0.05, 0.1) is 7.11 Å². The van der Waals surface area contributed by atoms with Crippen LogP contribution >= 0.6 is 0 Å². The zero-order chi connectivity index (χ0) is 14.8. The third-order valence-corrected chi connectivity index (χ3v) is 2.26. The van der Waals surface area contributed by atoms with E-state index in [2.05, 4.69) is 9.97 Å². The largest absolute Gasteiger partial charge is 0.497 e. The van der Waals surface area contributed by atoms with Gasteiger partial charge in [0, 0.05) is 6.07 Å². The fraction of sp³-hybridized carbons (Fsp3) is 0.167. The Hall–Kier alpha value is -2.51. The van der Waals surface area contributed by atoms with Crippen LogP contribution in [-0.4, -0.2) is 17.1 Å². The van der Waals surface area contributed by atoms with Gasteiger partial charge >= 0.3 is 6.18 Å². The summed E-state index contributed by atoms with van der Waals surface area (Å²) in [5, 5.41) is 0. The Bertz CT molecular complexity index is 600. The topological polar surface area (TPSA) is 70.3 Å². The lowest BCUT2D eigenvalue weighted by molar-refractivity contribution is -0.145. The van der Waals surface area contributed by atoms with E-state index in [1.54, 1.807) is 12.1 Å². The molecule has 20 heavy (non-hydrogen) atoms. The predicted molar refractivity (Wildman–Crippen MR) is 64.5 cm³/mol. The van der Waals surface area contributed by atoms with Crippen LogP contribution in [0.25, 0.3) is 0 Å². The minimum absolute atomic E-state index is 0.282. The van der Waals surface area contributed by atoms with Gasteiger partial charge in [0.2, 0.25) is 11.7 Å². The summed E-state index contributed by atoms with van der Waals surface area (Å²) in [6, 6.07) is 7.38. The van der Waals surface area contributed by atoms with Gasteiger partial charge in [-0.1, -0.05) is 0 Å². The van der Waals surface area contributed by atoms with Gasteiger partial charge in [-0.25, -0.2) is 4.98 Å². The second kappa shape index (κ2) is 5.24. The molecule has 0 bridgehead atoms. The molecule has 0 aliphatic heterocycles.